The van der Waals surface area contributed by atoms with E-state index in [-0.39, 0.29) is 11.3 Å². The summed E-state index contributed by atoms with van der Waals surface area (Å²) in [6.07, 6.45) is 1.70. The third-order valence-electron chi connectivity index (χ3n) is 5.16. The lowest BCUT2D eigenvalue weighted by molar-refractivity contribution is 0.103. The Morgan fingerprint density at radius 1 is 1.03 bits per heavy atom. The van der Waals surface area contributed by atoms with Gasteiger partial charge in [0.25, 0.3) is 0 Å². The number of aromatic nitrogens is 1. The molecule has 4 rings (SSSR count). The maximum absolute atomic E-state index is 15.1. The van der Waals surface area contributed by atoms with Crippen LogP contribution >= 0.6 is 11.6 Å². The summed E-state index contributed by atoms with van der Waals surface area (Å²) in [5, 5.41) is 1.06. The lowest BCUT2D eigenvalue weighted by Gasteiger charge is -2.11. The summed E-state index contributed by atoms with van der Waals surface area (Å²) >= 11 is 5.95. The van der Waals surface area contributed by atoms with Gasteiger partial charge >= 0.3 is 0 Å². The van der Waals surface area contributed by atoms with Crippen LogP contribution < -0.4 is 4.72 Å². The zero-order valence-corrected chi connectivity index (χ0v) is 19.0. The molecule has 0 fully saturated rings. The molecule has 0 spiro atoms. The van der Waals surface area contributed by atoms with Gasteiger partial charge in [0.05, 0.1) is 17.0 Å². The Morgan fingerprint density at radius 2 is 1.73 bits per heavy atom. The van der Waals surface area contributed by atoms with E-state index in [2.05, 4.69) is 9.71 Å². The van der Waals surface area contributed by atoms with Crippen molar-refractivity contribution in [2.24, 2.45) is 0 Å². The molecule has 0 amide bonds. The first-order chi connectivity index (χ1) is 15.7. The van der Waals surface area contributed by atoms with Crippen molar-refractivity contribution in [2.45, 2.75) is 13.3 Å². The normalized spacial score (nSPS) is 11.6. The van der Waals surface area contributed by atoms with E-state index in [4.69, 9.17) is 11.6 Å². The van der Waals surface area contributed by atoms with Gasteiger partial charge in [0, 0.05) is 27.7 Å². The molecule has 33 heavy (non-hydrogen) atoms. The molecule has 0 aliphatic rings. The summed E-state index contributed by atoms with van der Waals surface area (Å²) in [6, 6.07) is 14.3. The molecule has 9 heteroatoms. The zero-order chi connectivity index (χ0) is 23.8. The quantitative estimate of drug-likeness (QED) is 0.306. The first-order valence-corrected chi connectivity index (χ1v) is 12.1. The van der Waals surface area contributed by atoms with Gasteiger partial charge in [-0.15, -0.1) is 0 Å². The number of aromatic amines is 1. The topological polar surface area (TPSA) is 79.0 Å². The van der Waals surface area contributed by atoms with Crippen LogP contribution in [0.4, 0.5) is 14.5 Å². The van der Waals surface area contributed by atoms with Gasteiger partial charge in [-0.25, -0.2) is 17.2 Å². The van der Waals surface area contributed by atoms with Crippen LogP contribution in [0.15, 0.2) is 60.8 Å². The molecule has 1 heterocycles. The molecule has 0 saturated carbocycles. The van der Waals surface area contributed by atoms with E-state index in [1.54, 1.807) is 31.2 Å². The van der Waals surface area contributed by atoms with E-state index in [9.17, 15) is 17.6 Å². The zero-order valence-electron chi connectivity index (χ0n) is 17.5. The molecule has 3 aromatic carbocycles. The second-order valence-corrected chi connectivity index (χ2v) is 9.78. The van der Waals surface area contributed by atoms with E-state index in [1.807, 2.05) is 18.2 Å². The van der Waals surface area contributed by atoms with Crippen molar-refractivity contribution in [1.29, 1.82) is 0 Å². The number of H-pyrrole nitrogens is 1. The van der Waals surface area contributed by atoms with Gasteiger partial charge < -0.3 is 4.98 Å². The number of hydrogen-bond donors (Lipinski definition) is 2. The molecule has 0 unspecified atom stereocenters. The Labute approximate surface area is 194 Å². The number of ketones is 1. The molecule has 1 aromatic heterocycles. The number of halogens is 3. The van der Waals surface area contributed by atoms with Gasteiger partial charge in [-0.2, -0.15) is 0 Å². The van der Waals surface area contributed by atoms with Crippen LogP contribution in [0.2, 0.25) is 5.02 Å². The number of anilines is 1. The molecule has 0 saturated heterocycles. The van der Waals surface area contributed by atoms with E-state index >= 15 is 4.39 Å². The first kappa shape index (κ1) is 22.9. The smallest absolute Gasteiger partial charge is 0.232 e. The van der Waals surface area contributed by atoms with Crippen LogP contribution in [0.25, 0.3) is 22.0 Å². The van der Waals surface area contributed by atoms with Gasteiger partial charge in [-0.1, -0.05) is 36.7 Å². The third kappa shape index (κ3) is 4.62. The summed E-state index contributed by atoms with van der Waals surface area (Å²) in [6.45, 7) is 1.66. The Kier molecular flexibility index (Phi) is 6.23. The number of carbonyl (C=O) groups excluding carboxylic acids is 1. The van der Waals surface area contributed by atoms with Gasteiger partial charge in [0.2, 0.25) is 15.8 Å². The second kappa shape index (κ2) is 8.96. The van der Waals surface area contributed by atoms with Crippen LogP contribution in [-0.2, 0) is 10.0 Å². The van der Waals surface area contributed by atoms with E-state index < -0.39 is 38.7 Å². The van der Waals surface area contributed by atoms with Crippen LogP contribution in [0.1, 0.15) is 29.3 Å². The molecular formula is C24H19ClF2N2O3S. The summed E-state index contributed by atoms with van der Waals surface area (Å²) in [7, 11) is -3.83. The maximum Gasteiger partial charge on any atom is 0.232 e. The monoisotopic (exact) mass is 488 g/mol. The highest BCUT2D eigenvalue weighted by Crippen LogP contribution is 2.31. The van der Waals surface area contributed by atoms with Crippen LogP contribution in [0, 0.1) is 11.6 Å². The van der Waals surface area contributed by atoms with Gasteiger partial charge in [0.15, 0.2) is 5.82 Å². The van der Waals surface area contributed by atoms with E-state index in [1.165, 1.54) is 6.20 Å². The first-order valence-electron chi connectivity index (χ1n) is 10.1. The van der Waals surface area contributed by atoms with Crippen molar-refractivity contribution < 1.29 is 22.0 Å². The molecule has 0 bridgehead atoms. The second-order valence-electron chi connectivity index (χ2n) is 7.50. The third-order valence-corrected chi connectivity index (χ3v) is 6.89. The average molecular weight is 489 g/mol. The number of carbonyl (C=O) groups is 1. The van der Waals surface area contributed by atoms with Crippen LogP contribution in [0.5, 0.6) is 0 Å². The van der Waals surface area contributed by atoms with Crippen molar-refractivity contribution >= 4 is 44.0 Å². The number of rotatable bonds is 7. The largest absolute Gasteiger partial charge is 0.360 e. The number of benzene rings is 3. The van der Waals surface area contributed by atoms with Gasteiger partial charge in [0.1, 0.15) is 5.82 Å². The highest BCUT2D eigenvalue weighted by Gasteiger charge is 2.25. The molecule has 0 aliphatic carbocycles. The highest BCUT2D eigenvalue weighted by atomic mass is 35.5. The number of fused-ring (bicyclic) bond motifs is 1. The minimum Gasteiger partial charge on any atom is -0.360 e. The predicted octanol–water partition coefficient (Wildman–Crippen LogP) is 6.15. The van der Waals surface area contributed by atoms with Crippen molar-refractivity contribution in [3.63, 3.8) is 0 Å². The SMILES string of the molecule is CCCS(=O)(=O)Nc1ccc(F)c(C(=O)c2c[nH]c3ccc(-c4ccc(Cl)cc4)cc23)c1F. The van der Waals surface area contributed by atoms with Crippen LogP contribution in [-0.4, -0.2) is 24.9 Å². The standard InChI is InChI=1S/C24H19ClF2N2O3S/c1-2-11-33(31,32)29-21-10-8-19(26)22(23(21)27)24(30)18-13-28-20-9-5-15(12-17(18)20)14-3-6-16(25)7-4-14/h3-10,12-13,28-29H,2,11H2,1H3. The van der Waals surface area contributed by atoms with Crippen molar-refractivity contribution in [2.75, 3.05) is 10.5 Å². The number of sulfonamides is 1. The van der Waals surface area contributed by atoms with Crippen molar-refractivity contribution in [3.05, 3.63) is 88.6 Å². The summed E-state index contributed by atoms with van der Waals surface area (Å²) in [4.78, 5) is 16.1. The van der Waals surface area contributed by atoms with Crippen LogP contribution in [0.3, 0.4) is 0 Å². The molecule has 170 valence electrons. The number of hydrogen-bond acceptors (Lipinski definition) is 3. The molecule has 4 aromatic rings. The molecule has 5 nitrogen and oxygen atoms in total. The maximum atomic E-state index is 15.1. The lowest BCUT2D eigenvalue weighted by atomic mass is 9.98. The molecule has 0 aliphatic heterocycles. The minimum absolute atomic E-state index is 0.0622. The van der Waals surface area contributed by atoms with E-state index in [0.717, 1.165) is 23.3 Å². The fourth-order valence-corrected chi connectivity index (χ4v) is 4.85. The molecule has 2 N–H and O–H groups in total. The Morgan fingerprint density at radius 3 is 2.42 bits per heavy atom. The number of nitrogens with one attached hydrogen (secondary N) is 2. The van der Waals surface area contributed by atoms with Gasteiger partial charge in [-0.05, 0) is 53.9 Å². The van der Waals surface area contributed by atoms with E-state index in [0.29, 0.717) is 22.3 Å². The van der Waals surface area contributed by atoms with Crippen molar-refractivity contribution in [1.82, 2.24) is 4.98 Å². The predicted molar refractivity (Wildman–Crippen MR) is 126 cm³/mol. The average Bonchev–Trinajstić information content (AvgIpc) is 3.19. The summed E-state index contributed by atoms with van der Waals surface area (Å²) < 4.78 is 55.9. The Hall–Kier alpha value is -3.23. The molecular weight excluding hydrogens is 470 g/mol. The highest BCUT2D eigenvalue weighted by molar-refractivity contribution is 7.92. The fourth-order valence-electron chi connectivity index (χ4n) is 3.59. The molecule has 0 radical (unpaired) electrons. The molecule has 0 atom stereocenters. The summed E-state index contributed by atoms with van der Waals surface area (Å²) in [5.41, 5.74) is 1.00. The Balaban J connectivity index is 1.78. The summed E-state index contributed by atoms with van der Waals surface area (Å²) in [5.74, 6) is -3.48. The Bertz CT molecular complexity index is 1470. The van der Waals surface area contributed by atoms with Gasteiger partial charge in [-0.3, -0.25) is 9.52 Å². The van der Waals surface area contributed by atoms with Crippen molar-refractivity contribution in [3.8, 4) is 11.1 Å². The lowest BCUT2D eigenvalue weighted by Crippen LogP contribution is -2.18. The minimum atomic E-state index is -3.83. The fraction of sp³-hybridized carbons (Fsp3) is 0.125.